The van der Waals surface area contributed by atoms with Crippen LogP contribution in [0, 0.1) is 6.92 Å². The van der Waals surface area contributed by atoms with Crippen LogP contribution in [-0.4, -0.2) is 15.5 Å². The van der Waals surface area contributed by atoms with Gasteiger partial charge < -0.3 is 10.1 Å². The van der Waals surface area contributed by atoms with Crippen LogP contribution in [0.15, 0.2) is 47.4 Å². The Hall–Kier alpha value is -2.05. The number of methoxy groups -OCH3 is 1. The summed E-state index contributed by atoms with van der Waals surface area (Å²) in [6.07, 6.45) is 0. The van der Waals surface area contributed by atoms with Crippen molar-refractivity contribution in [2.24, 2.45) is 5.14 Å². The lowest BCUT2D eigenvalue weighted by atomic mass is 10.1. The summed E-state index contributed by atoms with van der Waals surface area (Å²) in [5.74, 6) is 0.814. The fraction of sp³-hybridized carbons (Fsp3) is 0.200. The minimum atomic E-state index is -3.65. The molecule has 0 saturated carbocycles. The van der Waals surface area contributed by atoms with Crippen molar-refractivity contribution in [1.82, 2.24) is 0 Å². The molecule has 3 N–H and O–H groups in total. The van der Waals surface area contributed by atoms with Crippen LogP contribution in [0.1, 0.15) is 11.1 Å². The van der Waals surface area contributed by atoms with Crippen LogP contribution in [0.25, 0.3) is 0 Å². The van der Waals surface area contributed by atoms with Crippen molar-refractivity contribution < 1.29 is 13.2 Å². The summed E-state index contributed by atoms with van der Waals surface area (Å²) in [6.45, 7) is 2.60. The molecule has 21 heavy (non-hydrogen) atoms. The maximum Gasteiger partial charge on any atom is 0.238 e. The van der Waals surface area contributed by atoms with E-state index >= 15 is 0 Å². The molecule has 2 rings (SSSR count). The number of rotatable bonds is 5. The third-order valence-corrected chi connectivity index (χ3v) is 4.03. The maximum absolute atomic E-state index is 11.2. The Morgan fingerprint density at radius 1 is 1.14 bits per heavy atom. The number of ether oxygens (including phenoxy) is 1. The third-order valence-electron chi connectivity index (χ3n) is 3.10. The highest BCUT2D eigenvalue weighted by Crippen LogP contribution is 2.21. The summed E-state index contributed by atoms with van der Waals surface area (Å²) in [7, 11) is -2.02. The molecule has 0 aromatic heterocycles. The Bertz CT molecular complexity index is 725. The maximum atomic E-state index is 11.2. The summed E-state index contributed by atoms with van der Waals surface area (Å²) in [5.41, 5.74) is 3.00. The highest BCUT2D eigenvalue weighted by molar-refractivity contribution is 7.89. The second kappa shape index (κ2) is 6.15. The van der Waals surface area contributed by atoms with Crippen LogP contribution in [0.4, 0.5) is 5.69 Å². The monoisotopic (exact) mass is 306 g/mol. The average Bonchev–Trinajstić information content (AvgIpc) is 2.45. The topological polar surface area (TPSA) is 81.4 Å². The highest BCUT2D eigenvalue weighted by Gasteiger charge is 2.07. The Balaban J connectivity index is 2.12. The van der Waals surface area contributed by atoms with Gasteiger partial charge in [0.05, 0.1) is 12.0 Å². The smallest absolute Gasteiger partial charge is 0.238 e. The molecule has 112 valence electrons. The van der Waals surface area contributed by atoms with Crippen LogP contribution in [0.3, 0.4) is 0 Å². The van der Waals surface area contributed by atoms with Gasteiger partial charge >= 0.3 is 0 Å². The van der Waals surface area contributed by atoms with Crippen molar-refractivity contribution in [1.29, 1.82) is 0 Å². The van der Waals surface area contributed by atoms with Crippen molar-refractivity contribution >= 4 is 15.7 Å². The normalized spacial score (nSPS) is 11.2. The number of hydrogen-bond donors (Lipinski definition) is 2. The van der Waals surface area contributed by atoms with Gasteiger partial charge in [0.25, 0.3) is 0 Å². The zero-order valence-electron chi connectivity index (χ0n) is 12.0. The van der Waals surface area contributed by atoms with E-state index in [9.17, 15) is 8.42 Å². The minimum absolute atomic E-state index is 0.0983. The lowest BCUT2D eigenvalue weighted by Gasteiger charge is -2.11. The molecule has 0 spiro atoms. The van der Waals surface area contributed by atoms with E-state index in [0.717, 1.165) is 22.6 Å². The number of benzene rings is 2. The fourth-order valence-corrected chi connectivity index (χ4v) is 2.52. The molecule has 2 aromatic rings. The molecule has 6 heteroatoms. The number of anilines is 1. The summed E-state index contributed by atoms with van der Waals surface area (Å²) in [6, 6.07) is 12.3. The van der Waals surface area contributed by atoms with Crippen molar-refractivity contribution in [3.63, 3.8) is 0 Å². The number of nitrogens with two attached hydrogens (primary N) is 1. The van der Waals surface area contributed by atoms with E-state index in [-0.39, 0.29) is 4.90 Å². The first kappa shape index (κ1) is 15.3. The van der Waals surface area contributed by atoms with Gasteiger partial charge in [0, 0.05) is 17.8 Å². The van der Waals surface area contributed by atoms with Crippen LogP contribution in [0.5, 0.6) is 5.75 Å². The molecule has 0 bridgehead atoms. The highest BCUT2D eigenvalue weighted by atomic mass is 32.2. The van der Waals surface area contributed by atoms with E-state index in [0.29, 0.717) is 6.54 Å². The third kappa shape index (κ3) is 3.96. The first-order valence-corrected chi connectivity index (χ1v) is 7.95. The molecule has 0 aliphatic carbocycles. The zero-order valence-corrected chi connectivity index (χ0v) is 12.8. The van der Waals surface area contributed by atoms with Gasteiger partial charge in [-0.15, -0.1) is 0 Å². The largest absolute Gasteiger partial charge is 0.496 e. The van der Waals surface area contributed by atoms with Gasteiger partial charge in [-0.2, -0.15) is 0 Å². The van der Waals surface area contributed by atoms with E-state index in [1.807, 2.05) is 25.1 Å². The SMILES string of the molecule is COc1ccc(C)cc1CNc1ccc(S(N)(=O)=O)cc1. The summed E-state index contributed by atoms with van der Waals surface area (Å²) in [4.78, 5) is 0.0983. The van der Waals surface area contributed by atoms with E-state index in [1.54, 1.807) is 19.2 Å². The lowest BCUT2D eigenvalue weighted by molar-refractivity contribution is 0.410. The van der Waals surface area contributed by atoms with Gasteiger partial charge in [0.1, 0.15) is 5.75 Å². The summed E-state index contributed by atoms with van der Waals surface area (Å²) in [5, 5.41) is 8.29. The molecule has 5 nitrogen and oxygen atoms in total. The van der Waals surface area contributed by atoms with Gasteiger partial charge in [-0.25, -0.2) is 13.6 Å². The molecule has 0 atom stereocenters. The Kier molecular flexibility index (Phi) is 4.50. The molecular formula is C15H18N2O3S. The van der Waals surface area contributed by atoms with Gasteiger partial charge in [-0.3, -0.25) is 0 Å². The molecule has 0 unspecified atom stereocenters. The van der Waals surface area contributed by atoms with Crippen molar-refractivity contribution in [3.05, 3.63) is 53.6 Å². The minimum Gasteiger partial charge on any atom is -0.496 e. The Morgan fingerprint density at radius 3 is 2.38 bits per heavy atom. The molecule has 2 aromatic carbocycles. The predicted molar refractivity (Wildman–Crippen MR) is 82.9 cm³/mol. The standard InChI is InChI=1S/C15H18N2O3S/c1-11-3-8-15(20-2)12(9-11)10-17-13-4-6-14(7-5-13)21(16,18)19/h3-9,17H,10H2,1-2H3,(H2,16,18,19). The van der Waals surface area contributed by atoms with Gasteiger partial charge in [-0.1, -0.05) is 17.7 Å². The summed E-state index contributed by atoms with van der Waals surface area (Å²) < 4.78 is 27.7. The average molecular weight is 306 g/mol. The van der Waals surface area contributed by atoms with Crippen molar-refractivity contribution in [2.45, 2.75) is 18.4 Å². The molecule has 0 saturated heterocycles. The van der Waals surface area contributed by atoms with Crippen LogP contribution >= 0.6 is 0 Å². The van der Waals surface area contributed by atoms with E-state index in [1.165, 1.54) is 12.1 Å². The van der Waals surface area contributed by atoms with E-state index in [4.69, 9.17) is 9.88 Å². The van der Waals surface area contributed by atoms with E-state index < -0.39 is 10.0 Å². The number of aryl methyl sites for hydroxylation is 1. The molecule has 0 amide bonds. The van der Waals surface area contributed by atoms with Crippen molar-refractivity contribution in [2.75, 3.05) is 12.4 Å². The van der Waals surface area contributed by atoms with Crippen molar-refractivity contribution in [3.8, 4) is 5.75 Å². The first-order valence-electron chi connectivity index (χ1n) is 6.40. The number of hydrogen-bond acceptors (Lipinski definition) is 4. The molecule has 0 fully saturated rings. The Labute approximate surface area is 124 Å². The second-order valence-corrected chi connectivity index (χ2v) is 6.30. The molecule has 0 aliphatic rings. The van der Waals surface area contributed by atoms with E-state index in [2.05, 4.69) is 5.32 Å². The van der Waals surface area contributed by atoms with Gasteiger partial charge in [0.15, 0.2) is 0 Å². The van der Waals surface area contributed by atoms with Gasteiger partial charge in [0.2, 0.25) is 10.0 Å². The molecule has 0 radical (unpaired) electrons. The summed E-state index contributed by atoms with van der Waals surface area (Å²) >= 11 is 0. The molecular weight excluding hydrogens is 288 g/mol. The first-order chi connectivity index (χ1) is 9.90. The second-order valence-electron chi connectivity index (χ2n) is 4.74. The van der Waals surface area contributed by atoms with Crippen LogP contribution in [-0.2, 0) is 16.6 Å². The number of primary sulfonamides is 1. The zero-order chi connectivity index (χ0) is 15.5. The molecule has 0 heterocycles. The van der Waals surface area contributed by atoms with Crippen LogP contribution in [0.2, 0.25) is 0 Å². The molecule has 0 aliphatic heterocycles. The predicted octanol–water partition coefficient (Wildman–Crippen LogP) is 2.26. The quantitative estimate of drug-likeness (QED) is 0.888. The number of sulfonamides is 1. The van der Waals surface area contributed by atoms with Crippen LogP contribution < -0.4 is 15.2 Å². The number of nitrogens with one attached hydrogen (secondary N) is 1. The lowest BCUT2D eigenvalue weighted by Crippen LogP contribution is -2.12. The Morgan fingerprint density at radius 2 is 1.81 bits per heavy atom. The van der Waals surface area contributed by atoms with Gasteiger partial charge in [-0.05, 0) is 37.3 Å². The fourth-order valence-electron chi connectivity index (χ4n) is 2.01.